The van der Waals surface area contributed by atoms with Crippen LogP contribution in [-0.4, -0.2) is 17.0 Å². The van der Waals surface area contributed by atoms with E-state index in [9.17, 15) is 4.39 Å². The van der Waals surface area contributed by atoms with E-state index in [4.69, 9.17) is 5.26 Å². The van der Waals surface area contributed by atoms with Crippen molar-refractivity contribution in [3.8, 4) is 6.07 Å². The van der Waals surface area contributed by atoms with Crippen LogP contribution in [0.4, 0.5) is 21.7 Å². The summed E-state index contributed by atoms with van der Waals surface area (Å²) in [5, 5.41) is 14.9. The first-order valence-electron chi connectivity index (χ1n) is 6.19. The molecule has 0 aliphatic heterocycles. The Kier molecular flexibility index (Phi) is 4.11. The molecule has 1 heterocycles. The molecule has 0 saturated heterocycles. The van der Waals surface area contributed by atoms with Gasteiger partial charge in [0.05, 0.1) is 5.69 Å². The average molecular weight is 271 g/mol. The molecule has 6 heteroatoms. The molecular weight excluding hydrogens is 257 g/mol. The molecule has 0 atom stereocenters. The molecule has 0 aliphatic carbocycles. The lowest BCUT2D eigenvalue weighted by Crippen LogP contribution is -2.04. The molecule has 5 nitrogen and oxygen atoms in total. The zero-order valence-corrected chi connectivity index (χ0v) is 11.2. The predicted molar refractivity (Wildman–Crippen MR) is 75.4 cm³/mol. The van der Waals surface area contributed by atoms with Gasteiger partial charge in [-0.25, -0.2) is 14.4 Å². The van der Waals surface area contributed by atoms with Crippen LogP contribution in [0.5, 0.6) is 0 Å². The third-order valence-electron chi connectivity index (χ3n) is 2.73. The Labute approximate surface area is 116 Å². The zero-order chi connectivity index (χ0) is 14.5. The third-order valence-corrected chi connectivity index (χ3v) is 2.73. The molecule has 20 heavy (non-hydrogen) atoms. The van der Waals surface area contributed by atoms with Crippen LogP contribution in [0, 0.1) is 17.1 Å². The number of hydrogen-bond donors (Lipinski definition) is 2. The van der Waals surface area contributed by atoms with Crippen molar-refractivity contribution in [3.05, 3.63) is 41.5 Å². The van der Waals surface area contributed by atoms with Crippen molar-refractivity contribution in [2.75, 3.05) is 17.7 Å². The van der Waals surface area contributed by atoms with Gasteiger partial charge in [0.1, 0.15) is 34.9 Å². The maximum atomic E-state index is 13.5. The highest BCUT2D eigenvalue weighted by Gasteiger charge is 2.09. The van der Waals surface area contributed by atoms with Crippen molar-refractivity contribution < 1.29 is 4.39 Å². The van der Waals surface area contributed by atoms with Crippen molar-refractivity contribution in [1.29, 1.82) is 5.26 Å². The Hall–Kier alpha value is -2.68. The van der Waals surface area contributed by atoms with Gasteiger partial charge in [0.2, 0.25) is 0 Å². The lowest BCUT2D eigenvalue weighted by molar-refractivity contribution is 0.624. The van der Waals surface area contributed by atoms with E-state index in [0.29, 0.717) is 29.6 Å². The van der Waals surface area contributed by atoms with Crippen molar-refractivity contribution in [3.63, 3.8) is 0 Å². The molecule has 0 radical (unpaired) electrons. The van der Waals surface area contributed by atoms with Gasteiger partial charge >= 0.3 is 0 Å². The van der Waals surface area contributed by atoms with Crippen molar-refractivity contribution >= 4 is 17.3 Å². The molecule has 0 aliphatic rings. The highest BCUT2D eigenvalue weighted by Crippen LogP contribution is 2.22. The quantitative estimate of drug-likeness (QED) is 0.894. The summed E-state index contributed by atoms with van der Waals surface area (Å²) in [6.07, 6.45) is 0.679. The predicted octanol–water partition coefficient (Wildman–Crippen LogP) is 2.84. The molecule has 1 aromatic carbocycles. The first-order valence-corrected chi connectivity index (χ1v) is 6.19. The molecule has 0 saturated carbocycles. The number of halogens is 1. The second-order valence-corrected chi connectivity index (χ2v) is 4.06. The first-order chi connectivity index (χ1) is 9.67. The van der Waals surface area contributed by atoms with Gasteiger partial charge in [-0.2, -0.15) is 5.26 Å². The van der Waals surface area contributed by atoms with E-state index >= 15 is 0 Å². The number of rotatable bonds is 4. The van der Waals surface area contributed by atoms with Crippen LogP contribution < -0.4 is 10.6 Å². The summed E-state index contributed by atoms with van der Waals surface area (Å²) in [5.74, 6) is 1.28. The fraction of sp³-hybridized carbons (Fsp3) is 0.214. The Morgan fingerprint density at radius 1 is 1.30 bits per heavy atom. The van der Waals surface area contributed by atoms with Gasteiger partial charge < -0.3 is 10.6 Å². The van der Waals surface area contributed by atoms with Gasteiger partial charge in [0, 0.05) is 19.5 Å². The summed E-state index contributed by atoms with van der Waals surface area (Å²) in [5.41, 5.74) is 0.352. The van der Waals surface area contributed by atoms with E-state index in [0.717, 1.165) is 0 Å². The average Bonchev–Trinajstić information content (AvgIpc) is 2.47. The van der Waals surface area contributed by atoms with Crippen LogP contribution in [0.15, 0.2) is 24.3 Å². The molecular formula is C14H14FN5. The van der Waals surface area contributed by atoms with Crippen molar-refractivity contribution in [2.45, 2.75) is 13.3 Å². The molecule has 2 rings (SSSR count). The van der Waals surface area contributed by atoms with Gasteiger partial charge in [-0.15, -0.1) is 0 Å². The van der Waals surface area contributed by atoms with E-state index in [1.807, 2.05) is 13.0 Å². The first kappa shape index (κ1) is 13.7. The number of nitriles is 1. The Bertz CT molecular complexity index is 641. The molecule has 2 aromatic rings. The minimum Gasteiger partial charge on any atom is -0.373 e. The van der Waals surface area contributed by atoms with E-state index in [1.54, 1.807) is 25.2 Å². The lowest BCUT2D eigenvalue weighted by atomic mass is 10.2. The van der Waals surface area contributed by atoms with E-state index in [2.05, 4.69) is 20.6 Å². The number of nitrogens with zero attached hydrogens (tertiary/aromatic N) is 3. The largest absolute Gasteiger partial charge is 0.373 e. The zero-order valence-electron chi connectivity index (χ0n) is 11.2. The molecule has 2 N–H and O–H groups in total. The van der Waals surface area contributed by atoms with Gasteiger partial charge in [-0.05, 0) is 12.1 Å². The number of aromatic nitrogens is 2. The summed E-state index contributed by atoms with van der Waals surface area (Å²) in [7, 11) is 1.76. The number of nitrogens with one attached hydrogen (secondary N) is 2. The van der Waals surface area contributed by atoms with E-state index in [1.165, 1.54) is 6.07 Å². The van der Waals surface area contributed by atoms with Gasteiger partial charge in [-0.1, -0.05) is 13.0 Å². The van der Waals surface area contributed by atoms with Crippen LogP contribution in [0.3, 0.4) is 0 Å². The second-order valence-electron chi connectivity index (χ2n) is 4.06. The Morgan fingerprint density at radius 2 is 2.05 bits per heavy atom. The molecule has 0 amide bonds. The fourth-order valence-electron chi connectivity index (χ4n) is 1.73. The third kappa shape index (κ3) is 2.83. The smallest absolute Gasteiger partial charge is 0.143 e. The van der Waals surface area contributed by atoms with Crippen LogP contribution in [-0.2, 0) is 6.42 Å². The monoisotopic (exact) mass is 271 g/mol. The normalized spacial score (nSPS) is 9.90. The number of hydrogen-bond acceptors (Lipinski definition) is 5. The SMILES string of the molecule is CCc1nc(NC)cc(Nc2cccc(F)c2C#N)n1. The lowest BCUT2D eigenvalue weighted by Gasteiger charge is -2.10. The Balaban J connectivity index is 2.40. The van der Waals surface area contributed by atoms with E-state index < -0.39 is 5.82 Å². The van der Waals surface area contributed by atoms with Gasteiger partial charge in [-0.3, -0.25) is 0 Å². The summed E-state index contributed by atoms with van der Waals surface area (Å²) >= 11 is 0. The number of anilines is 3. The molecule has 1 aromatic heterocycles. The van der Waals surface area contributed by atoms with Crippen LogP contribution in [0.25, 0.3) is 0 Å². The molecule has 0 fully saturated rings. The van der Waals surface area contributed by atoms with Crippen LogP contribution >= 0.6 is 0 Å². The van der Waals surface area contributed by atoms with Gasteiger partial charge in [0.15, 0.2) is 0 Å². The van der Waals surface area contributed by atoms with Crippen LogP contribution in [0.1, 0.15) is 18.3 Å². The summed E-state index contributed by atoms with van der Waals surface area (Å²) in [4.78, 5) is 8.58. The van der Waals surface area contributed by atoms with E-state index in [-0.39, 0.29) is 5.56 Å². The topological polar surface area (TPSA) is 73.6 Å². The molecule has 0 bridgehead atoms. The van der Waals surface area contributed by atoms with Crippen LogP contribution in [0.2, 0.25) is 0 Å². The molecule has 0 spiro atoms. The maximum absolute atomic E-state index is 13.5. The summed E-state index contributed by atoms with van der Waals surface area (Å²) < 4.78 is 13.5. The number of aryl methyl sites for hydroxylation is 1. The molecule has 0 unspecified atom stereocenters. The highest BCUT2D eigenvalue weighted by atomic mass is 19.1. The summed E-state index contributed by atoms with van der Waals surface area (Å²) in [6.45, 7) is 1.95. The van der Waals surface area contributed by atoms with Crippen molar-refractivity contribution in [2.24, 2.45) is 0 Å². The van der Waals surface area contributed by atoms with Gasteiger partial charge in [0.25, 0.3) is 0 Å². The number of benzene rings is 1. The minimum atomic E-state index is -0.559. The second kappa shape index (κ2) is 5.97. The highest BCUT2D eigenvalue weighted by molar-refractivity contribution is 5.66. The Morgan fingerprint density at radius 3 is 2.70 bits per heavy atom. The summed E-state index contributed by atoms with van der Waals surface area (Å²) in [6, 6.07) is 7.97. The fourth-order valence-corrected chi connectivity index (χ4v) is 1.73. The maximum Gasteiger partial charge on any atom is 0.143 e. The standard InChI is InChI=1S/C14H14FN5/c1-3-12-19-13(17-2)7-14(20-12)18-11-6-4-5-10(15)9(11)8-16/h4-7H,3H2,1-2H3,(H2,17,18,19,20). The van der Waals surface area contributed by atoms with Crippen molar-refractivity contribution in [1.82, 2.24) is 9.97 Å². The molecule has 102 valence electrons. The minimum absolute atomic E-state index is 0.0323.